The Labute approximate surface area is 175 Å². The van der Waals surface area contributed by atoms with E-state index in [0.717, 1.165) is 5.52 Å². The lowest BCUT2D eigenvalue weighted by atomic mass is 10.1. The van der Waals surface area contributed by atoms with Gasteiger partial charge in [-0.15, -0.1) is 0 Å². The Hall–Kier alpha value is -4.02. The number of carboxylic acids is 1. The molecule has 148 valence electrons. The third-order valence-corrected chi connectivity index (χ3v) is 4.79. The predicted octanol–water partition coefficient (Wildman–Crippen LogP) is 5.25. The lowest BCUT2D eigenvalue weighted by Crippen LogP contribution is -1.96. The van der Waals surface area contributed by atoms with E-state index < -0.39 is 5.97 Å². The molecule has 0 bridgehead atoms. The average Bonchev–Trinajstić information content (AvgIpc) is 3.38. The van der Waals surface area contributed by atoms with Crippen LogP contribution >= 0.6 is 11.6 Å². The van der Waals surface area contributed by atoms with E-state index in [1.807, 2.05) is 0 Å². The van der Waals surface area contributed by atoms with Gasteiger partial charge in [0, 0.05) is 17.7 Å². The molecule has 0 fully saturated rings. The summed E-state index contributed by atoms with van der Waals surface area (Å²) < 4.78 is 11.0. The number of carbonyl (C=O) groups is 1. The number of halogens is 1. The summed E-state index contributed by atoms with van der Waals surface area (Å²) >= 11 is 6.20. The first-order valence-electron chi connectivity index (χ1n) is 8.77. The number of hydrogen-bond acceptors (Lipinski definition) is 5. The summed E-state index contributed by atoms with van der Waals surface area (Å²) in [6.45, 7) is 0. The van der Waals surface area contributed by atoms with Crippen molar-refractivity contribution in [2.24, 2.45) is 0 Å². The topological polar surface area (TPSA) is 112 Å². The highest BCUT2D eigenvalue weighted by Gasteiger charge is 2.14. The van der Waals surface area contributed by atoms with Crippen LogP contribution in [-0.2, 0) is 0 Å². The zero-order valence-electron chi connectivity index (χ0n) is 15.6. The summed E-state index contributed by atoms with van der Waals surface area (Å²) in [4.78, 5) is 18.8. The van der Waals surface area contributed by atoms with Gasteiger partial charge >= 0.3 is 5.97 Å². The van der Waals surface area contributed by atoms with Crippen LogP contribution in [0.5, 0.6) is 5.75 Å². The molecule has 0 saturated heterocycles. The van der Waals surface area contributed by atoms with Gasteiger partial charge in [0.05, 0.1) is 34.3 Å². The highest BCUT2D eigenvalue weighted by atomic mass is 35.5. The van der Waals surface area contributed by atoms with Crippen molar-refractivity contribution in [1.29, 1.82) is 5.26 Å². The normalized spacial score (nSPS) is 11.4. The summed E-state index contributed by atoms with van der Waals surface area (Å²) in [5, 5.41) is 19.1. The number of hydrogen-bond donors (Lipinski definition) is 2. The number of aromatic carboxylic acids is 1. The van der Waals surface area contributed by atoms with E-state index in [9.17, 15) is 15.2 Å². The largest absolute Gasteiger partial charge is 0.497 e. The molecule has 0 radical (unpaired) electrons. The lowest BCUT2D eigenvalue weighted by Gasteiger charge is -2.02. The quantitative estimate of drug-likeness (QED) is 0.427. The maximum absolute atomic E-state index is 11.2. The van der Waals surface area contributed by atoms with Crippen LogP contribution in [0.25, 0.3) is 34.0 Å². The fraction of sp³-hybridized carbons (Fsp3) is 0.0455. The molecule has 0 unspecified atom stereocenters. The van der Waals surface area contributed by atoms with Crippen LogP contribution < -0.4 is 4.74 Å². The molecule has 0 aliphatic carbocycles. The fourth-order valence-electron chi connectivity index (χ4n) is 2.96. The van der Waals surface area contributed by atoms with Gasteiger partial charge in [-0.2, -0.15) is 5.26 Å². The Morgan fingerprint density at radius 2 is 2.10 bits per heavy atom. The summed E-state index contributed by atoms with van der Waals surface area (Å²) in [5.41, 5.74) is 2.26. The van der Waals surface area contributed by atoms with Crippen molar-refractivity contribution in [2.45, 2.75) is 0 Å². The van der Waals surface area contributed by atoms with Gasteiger partial charge in [0.1, 0.15) is 29.2 Å². The number of furan rings is 1. The van der Waals surface area contributed by atoms with Gasteiger partial charge in [-0.25, -0.2) is 9.78 Å². The van der Waals surface area contributed by atoms with Gasteiger partial charge in [0.2, 0.25) is 0 Å². The van der Waals surface area contributed by atoms with E-state index in [0.29, 0.717) is 39.2 Å². The molecule has 4 aromatic rings. The second-order valence-corrected chi connectivity index (χ2v) is 6.75. The number of benzene rings is 2. The van der Waals surface area contributed by atoms with Crippen molar-refractivity contribution >= 4 is 40.3 Å². The Bertz CT molecular complexity index is 1340. The Kier molecular flexibility index (Phi) is 5.00. The Morgan fingerprint density at radius 1 is 1.27 bits per heavy atom. The van der Waals surface area contributed by atoms with Crippen molar-refractivity contribution in [3.63, 3.8) is 0 Å². The number of allylic oxidation sites excluding steroid dienone is 1. The molecule has 0 aliphatic heterocycles. The van der Waals surface area contributed by atoms with E-state index >= 15 is 0 Å². The summed E-state index contributed by atoms with van der Waals surface area (Å²) in [5.74, 6) is 0.797. The lowest BCUT2D eigenvalue weighted by molar-refractivity contribution is 0.0697. The molecule has 2 aromatic heterocycles. The third kappa shape index (κ3) is 3.64. The zero-order chi connectivity index (χ0) is 21.3. The number of nitrogens with one attached hydrogen (secondary N) is 1. The highest BCUT2D eigenvalue weighted by molar-refractivity contribution is 6.33. The number of nitrogens with zero attached hydrogens (tertiary/aromatic N) is 2. The molecular weight excluding hydrogens is 406 g/mol. The van der Waals surface area contributed by atoms with Crippen LogP contribution in [0.3, 0.4) is 0 Å². The highest BCUT2D eigenvalue weighted by Crippen LogP contribution is 2.31. The number of nitriles is 1. The van der Waals surface area contributed by atoms with Gasteiger partial charge < -0.3 is 19.2 Å². The minimum Gasteiger partial charge on any atom is -0.497 e. The molecule has 8 heteroatoms. The minimum atomic E-state index is -1.06. The molecule has 30 heavy (non-hydrogen) atoms. The number of methoxy groups -OCH3 is 1. The molecule has 0 aliphatic rings. The summed E-state index contributed by atoms with van der Waals surface area (Å²) in [6.07, 6.45) is 1.55. The van der Waals surface area contributed by atoms with E-state index in [1.165, 1.54) is 18.2 Å². The van der Waals surface area contributed by atoms with Crippen molar-refractivity contribution < 1.29 is 19.1 Å². The zero-order valence-corrected chi connectivity index (χ0v) is 16.4. The molecule has 2 aromatic carbocycles. The Morgan fingerprint density at radius 3 is 2.83 bits per heavy atom. The maximum Gasteiger partial charge on any atom is 0.335 e. The van der Waals surface area contributed by atoms with Crippen molar-refractivity contribution in [1.82, 2.24) is 9.97 Å². The van der Waals surface area contributed by atoms with Crippen LogP contribution in [0.15, 0.2) is 52.9 Å². The molecule has 2 heterocycles. The molecule has 0 atom stereocenters. The summed E-state index contributed by atoms with van der Waals surface area (Å²) in [7, 11) is 1.58. The van der Waals surface area contributed by atoms with E-state index in [4.69, 9.17) is 20.8 Å². The fourth-order valence-corrected chi connectivity index (χ4v) is 3.17. The predicted molar refractivity (Wildman–Crippen MR) is 112 cm³/mol. The molecular formula is C22H14ClN3O4. The molecule has 0 amide bonds. The second kappa shape index (κ2) is 7.78. The standard InChI is InChI=1S/C22H14ClN3O4/c1-29-14-3-6-18-19(10-14)26-21(25-18)13(11-24)8-15-4-7-20(30-15)16-9-12(22(27)28)2-5-17(16)23/h2-10H,1H3,(H,25,26)(H,27,28). The number of fused-ring (bicyclic) bond motifs is 1. The third-order valence-electron chi connectivity index (χ3n) is 4.46. The summed E-state index contributed by atoms with van der Waals surface area (Å²) in [6, 6.07) is 15.2. The monoisotopic (exact) mass is 419 g/mol. The van der Waals surface area contributed by atoms with E-state index in [-0.39, 0.29) is 11.1 Å². The smallest absolute Gasteiger partial charge is 0.335 e. The van der Waals surface area contributed by atoms with Crippen LogP contribution in [0.4, 0.5) is 0 Å². The van der Waals surface area contributed by atoms with Crippen LogP contribution in [0.2, 0.25) is 5.02 Å². The van der Waals surface area contributed by atoms with Crippen molar-refractivity contribution in [3.05, 3.63) is 70.7 Å². The van der Waals surface area contributed by atoms with Crippen LogP contribution in [-0.4, -0.2) is 28.2 Å². The van der Waals surface area contributed by atoms with Crippen molar-refractivity contribution in [2.75, 3.05) is 7.11 Å². The van der Waals surface area contributed by atoms with Gasteiger partial charge in [-0.3, -0.25) is 0 Å². The molecule has 2 N–H and O–H groups in total. The van der Waals surface area contributed by atoms with E-state index in [2.05, 4.69) is 16.0 Å². The molecule has 7 nitrogen and oxygen atoms in total. The first kappa shape index (κ1) is 19.3. The number of H-pyrrole nitrogens is 1. The number of carboxylic acid groups (broad SMARTS) is 1. The average molecular weight is 420 g/mol. The van der Waals surface area contributed by atoms with Gasteiger partial charge in [0.25, 0.3) is 0 Å². The van der Waals surface area contributed by atoms with Crippen LogP contribution in [0.1, 0.15) is 21.9 Å². The first-order valence-corrected chi connectivity index (χ1v) is 9.15. The van der Waals surface area contributed by atoms with Gasteiger partial charge in [-0.1, -0.05) is 11.6 Å². The minimum absolute atomic E-state index is 0.0957. The number of rotatable bonds is 5. The number of imidazole rings is 1. The number of aromatic nitrogens is 2. The number of ether oxygens (including phenoxy) is 1. The number of aromatic amines is 1. The molecule has 0 spiro atoms. The van der Waals surface area contributed by atoms with Gasteiger partial charge in [0.15, 0.2) is 0 Å². The molecule has 0 saturated carbocycles. The van der Waals surface area contributed by atoms with Crippen LogP contribution in [0, 0.1) is 11.3 Å². The van der Waals surface area contributed by atoms with Crippen molar-refractivity contribution in [3.8, 4) is 23.1 Å². The SMILES string of the molecule is COc1ccc2nc(C(C#N)=Cc3ccc(-c4cc(C(=O)O)ccc4Cl)o3)[nH]c2c1. The Balaban J connectivity index is 1.70. The maximum atomic E-state index is 11.2. The second-order valence-electron chi connectivity index (χ2n) is 6.34. The molecule has 4 rings (SSSR count). The first-order chi connectivity index (χ1) is 14.5. The van der Waals surface area contributed by atoms with E-state index in [1.54, 1.807) is 43.5 Å². The van der Waals surface area contributed by atoms with Gasteiger partial charge in [-0.05, 0) is 42.5 Å².